The highest BCUT2D eigenvalue weighted by molar-refractivity contribution is 5.69. The molecule has 2 N–H and O–H groups in total. The van der Waals surface area contributed by atoms with E-state index in [1.54, 1.807) is 0 Å². The Labute approximate surface area is 238 Å². The van der Waals surface area contributed by atoms with Crippen LogP contribution in [-0.4, -0.2) is 22.2 Å². The molecule has 0 amide bonds. The summed E-state index contributed by atoms with van der Waals surface area (Å²) >= 11 is 0. The summed E-state index contributed by atoms with van der Waals surface area (Å²) in [6, 6.07) is 0. The monoisotopic (exact) mass is 541 g/mol. The largest absolute Gasteiger partial charge is 0.481 e. The first-order valence-electron chi connectivity index (χ1n) is 16.9. The summed E-state index contributed by atoms with van der Waals surface area (Å²) in [5, 5.41) is 17.7. The fraction of sp³-hybridized carbons (Fsp3) is 0.941. The van der Waals surface area contributed by atoms with Gasteiger partial charge >= 0.3 is 11.9 Å². The van der Waals surface area contributed by atoms with E-state index in [-0.39, 0.29) is 5.92 Å². The summed E-state index contributed by atoms with van der Waals surface area (Å²) in [6.45, 7) is 6.70. The first-order chi connectivity index (χ1) is 18.5. The molecule has 0 aromatic heterocycles. The van der Waals surface area contributed by atoms with Crippen LogP contribution in [0.2, 0.25) is 0 Å². The molecule has 1 unspecified atom stereocenters. The molecule has 4 heteroatoms. The van der Waals surface area contributed by atoms with Gasteiger partial charge in [-0.05, 0) is 19.3 Å². The molecule has 0 aliphatic carbocycles. The topological polar surface area (TPSA) is 74.6 Å². The van der Waals surface area contributed by atoms with Crippen LogP contribution >= 0.6 is 0 Å². The van der Waals surface area contributed by atoms with E-state index >= 15 is 0 Å². The highest BCUT2D eigenvalue weighted by Crippen LogP contribution is 2.19. The summed E-state index contributed by atoms with van der Waals surface area (Å²) in [6.07, 6.45) is 34.0. The second-order valence-corrected chi connectivity index (χ2v) is 11.5. The lowest BCUT2D eigenvalue weighted by molar-refractivity contribution is -0.142. The average Bonchev–Trinajstić information content (AvgIpc) is 2.89. The van der Waals surface area contributed by atoms with Crippen molar-refractivity contribution in [3.8, 4) is 0 Å². The van der Waals surface area contributed by atoms with Gasteiger partial charge in [-0.15, -0.1) is 0 Å². The van der Waals surface area contributed by atoms with Crippen molar-refractivity contribution < 1.29 is 19.8 Å². The van der Waals surface area contributed by atoms with Gasteiger partial charge in [0.1, 0.15) is 0 Å². The van der Waals surface area contributed by atoms with Crippen LogP contribution in [0, 0.1) is 5.92 Å². The molecule has 38 heavy (non-hydrogen) atoms. The zero-order valence-electron chi connectivity index (χ0n) is 26.1. The van der Waals surface area contributed by atoms with Crippen molar-refractivity contribution in [2.75, 3.05) is 0 Å². The number of hydrogen-bond donors (Lipinski definition) is 2. The normalized spacial score (nSPS) is 11.7. The van der Waals surface area contributed by atoms with Crippen LogP contribution in [0.1, 0.15) is 201 Å². The number of carboxylic acids is 2. The SMILES string of the molecule is CCCCCCCCCC(CCCCCCC)C(=O)O.CCCCCCCCCCCCCCCC(=O)O. The van der Waals surface area contributed by atoms with Crippen molar-refractivity contribution in [1.82, 2.24) is 0 Å². The molecule has 4 nitrogen and oxygen atoms in total. The van der Waals surface area contributed by atoms with Gasteiger partial charge in [-0.1, -0.05) is 175 Å². The maximum atomic E-state index is 11.2. The molecule has 1 atom stereocenters. The highest BCUT2D eigenvalue weighted by atomic mass is 16.4. The van der Waals surface area contributed by atoms with Crippen LogP contribution in [0.5, 0.6) is 0 Å². The number of rotatable bonds is 29. The molecule has 0 rings (SSSR count). The van der Waals surface area contributed by atoms with Crippen molar-refractivity contribution in [2.45, 2.75) is 201 Å². The molecule has 0 aliphatic rings. The van der Waals surface area contributed by atoms with Crippen molar-refractivity contribution in [3.63, 3.8) is 0 Å². The van der Waals surface area contributed by atoms with Gasteiger partial charge in [0.05, 0.1) is 5.92 Å². The third kappa shape index (κ3) is 34.9. The van der Waals surface area contributed by atoms with Crippen LogP contribution in [0.15, 0.2) is 0 Å². The Balaban J connectivity index is 0. The smallest absolute Gasteiger partial charge is 0.306 e. The summed E-state index contributed by atoms with van der Waals surface area (Å²) in [7, 11) is 0. The van der Waals surface area contributed by atoms with Gasteiger partial charge in [-0.25, -0.2) is 0 Å². The third-order valence-corrected chi connectivity index (χ3v) is 7.66. The Hall–Kier alpha value is -1.06. The first-order valence-corrected chi connectivity index (χ1v) is 16.9. The molecule has 0 bridgehead atoms. The molecule has 0 fully saturated rings. The molecule has 0 spiro atoms. The minimum absolute atomic E-state index is 0.0905. The quantitative estimate of drug-likeness (QED) is 0.0925. The van der Waals surface area contributed by atoms with E-state index in [9.17, 15) is 14.7 Å². The van der Waals surface area contributed by atoms with Gasteiger partial charge in [-0.2, -0.15) is 0 Å². The predicted octanol–water partition coefficient (Wildman–Crippen LogP) is 11.7. The van der Waals surface area contributed by atoms with Crippen molar-refractivity contribution in [1.29, 1.82) is 0 Å². The van der Waals surface area contributed by atoms with E-state index in [0.717, 1.165) is 38.5 Å². The second-order valence-electron chi connectivity index (χ2n) is 11.5. The lowest BCUT2D eigenvalue weighted by Gasteiger charge is -2.12. The molecule has 0 heterocycles. The maximum Gasteiger partial charge on any atom is 0.306 e. The molecular formula is C34H68O4. The van der Waals surface area contributed by atoms with Gasteiger partial charge < -0.3 is 10.2 Å². The zero-order chi connectivity index (χ0) is 28.5. The fourth-order valence-electron chi connectivity index (χ4n) is 5.03. The van der Waals surface area contributed by atoms with Crippen LogP contribution in [-0.2, 0) is 9.59 Å². The zero-order valence-corrected chi connectivity index (χ0v) is 26.1. The summed E-state index contributed by atoms with van der Waals surface area (Å²) in [5.74, 6) is -1.32. The number of unbranched alkanes of at least 4 members (excludes halogenated alkanes) is 22. The van der Waals surface area contributed by atoms with Crippen LogP contribution < -0.4 is 0 Å². The number of hydrogen-bond acceptors (Lipinski definition) is 2. The summed E-state index contributed by atoms with van der Waals surface area (Å²) < 4.78 is 0. The van der Waals surface area contributed by atoms with Crippen LogP contribution in [0.25, 0.3) is 0 Å². The van der Waals surface area contributed by atoms with E-state index in [1.807, 2.05) is 0 Å². The fourth-order valence-corrected chi connectivity index (χ4v) is 5.03. The lowest BCUT2D eigenvalue weighted by atomic mass is 9.94. The van der Waals surface area contributed by atoms with E-state index < -0.39 is 11.9 Å². The van der Waals surface area contributed by atoms with Crippen molar-refractivity contribution >= 4 is 11.9 Å². The minimum Gasteiger partial charge on any atom is -0.481 e. The van der Waals surface area contributed by atoms with Gasteiger partial charge in [0, 0.05) is 6.42 Å². The molecule has 0 radical (unpaired) electrons. The predicted molar refractivity (Wildman–Crippen MR) is 165 cm³/mol. The maximum absolute atomic E-state index is 11.2. The molecule has 0 aromatic rings. The van der Waals surface area contributed by atoms with Gasteiger partial charge in [0.2, 0.25) is 0 Å². The lowest BCUT2D eigenvalue weighted by Crippen LogP contribution is -2.13. The van der Waals surface area contributed by atoms with Gasteiger partial charge in [-0.3, -0.25) is 9.59 Å². The molecule has 0 saturated heterocycles. The Kier molecular flexibility index (Phi) is 34.9. The molecule has 0 aliphatic heterocycles. The Morgan fingerprint density at radius 1 is 0.421 bits per heavy atom. The van der Waals surface area contributed by atoms with Crippen LogP contribution in [0.4, 0.5) is 0 Å². The third-order valence-electron chi connectivity index (χ3n) is 7.66. The summed E-state index contributed by atoms with van der Waals surface area (Å²) in [5.41, 5.74) is 0. The number of carboxylic acid groups (broad SMARTS) is 2. The molecule has 0 aromatic carbocycles. The van der Waals surface area contributed by atoms with Crippen LogP contribution in [0.3, 0.4) is 0 Å². The van der Waals surface area contributed by atoms with E-state index in [2.05, 4.69) is 20.8 Å². The van der Waals surface area contributed by atoms with E-state index in [0.29, 0.717) is 6.42 Å². The van der Waals surface area contributed by atoms with E-state index in [4.69, 9.17) is 5.11 Å². The highest BCUT2D eigenvalue weighted by Gasteiger charge is 2.16. The minimum atomic E-state index is -0.655. The Morgan fingerprint density at radius 2 is 0.684 bits per heavy atom. The summed E-state index contributed by atoms with van der Waals surface area (Å²) in [4.78, 5) is 21.5. The van der Waals surface area contributed by atoms with E-state index in [1.165, 1.54) is 135 Å². The van der Waals surface area contributed by atoms with Crippen molar-refractivity contribution in [3.05, 3.63) is 0 Å². The second kappa shape index (κ2) is 34.0. The average molecular weight is 541 g/mol. The molecular weight excluding hydrogens is 472 g/mol. The standard InChI is InChI=1S/C18H36O2.C16H32O2/c1-3-5-7-9-10-12-14-16-17(18(19)20)15-13-11-8-6-4-2;1-2-3-4-5-6-7-8-9-10-11-12-13-14-15-16(17)18/h17H,3-16H2,1-2H3,(H,19,20);2-15H2,1H3,(H,17,18). The van der Waals surface area contributed by atoms with Gasteiger partial charge in [0.25, 0.3) is 0 Å². The first kappa shape index (κ1) is 39.1. The Morgan fingerprint density at radius 3 is 0.947 bits per heavy atom. The van der Waals surface area contributed by atoms with Crippen molar-refractivity contribution in [2.24, 2.45) is 5.92 Å². The number of carbonyl (C=O) groups is 2. The van der Waals surface area contributed by atoms with Gasteiger partial charge in [0.15, 0.2) is 0 Å². The number of aliphatic carboxylic acids is 2. The molecule has 0 saturated carbocycles. The Bertz CT molecular complexity index is 477. The molecule has 228 valence electrons.